The average molecular weight is 290 g/mol. The number of fused-ring (bicyclic) bond motifs is 1. The van der Waals surface area contributed by atoms with Crippen LogP contribution in [0.15, 0.2) is 18.2 Å². The lowest BCUT2D eigenvalue weighted by atomic mass is 9.99. The largest absolute Gasteiger partial charge is 0.476 e. The van der Waals surface area contributed by atoms with Crippen LogP contribution >= 0.6 is 0 Å². The van der Waals surface area contributed by atoms with Gasteiger partial charge in [-0.15, -0.1) is 0 Å². The van der Waals surface area contributed by atoms with Crippen molar-refractivity contribution in [2.75, 3.05) is 11.4 Å². The number of anilines is 1. The Kier molecular flexibility index (Phi) is 4.57. The van der Waals surface area contributed by atoms with Crippen LogP contribution in [0, 0.1) is 0 Å². The maximum absolute atomic E-state index is 12.6. The number of hydrogen-bond donors (Lipinski definition) is 1. The van der Waals surface area contributed by atoms with Crippen LogP contribution in [0.5, 0.6) is 5.75 Å². The Morgan fingerprint density at radius 1 is 1.29 bits per heavy atom. The Labute approximate surface area is 127 Å². The highest BCUT2D eigenvalue weighted by atomic mass is 16.5. The van der Waals surface area contributed by atoms with Crippen molar-refractivity contribution in [3.8, 4) is 5.75 Å². The van der Waals surface area contributed by atoms with Gasteiger partial charge in [0.15, 0.2) is 5.60 Å². The van der Waals surface area contributed by atoms with Gasteiger partial charge in [-0.3, -0.25) is 4.79 Å². The monoisotopic (exact) mass is 290 g/mol. The molecule has 21 heavy (non-hydrogen) atoms. The zero-order valence-corrected chi connectivity index (χ0v) is 13.5. The summed E-state index contributed by atoms with van der Waals surface area (Å²) in [5, 5.41) is 0. The quantitative estimate of drug-likeness (QED) is 0.904. The molecular formula is C17H26N2O2. The number of hydrogen-bond acceptors (Lipinski definition) is 3. The van der Waals surface area contributed by atoms with Gasteiger partial charge in [0.2, 0.25) is 0 Å². The number of ether oxygens (including phenoxy) is 1. The Morgan fingerprint density at radius 2 is 2.00 bits per heavy atom. The Hall–Kier alpha value is -1.55. The molecule has 1 aromatic carbocycles. The molecule has 2 N–H and O–H groups in total. The van der Waals surface area contributed by atoms with Crippen molar-refractivity contribution in [1.29, 1.82) is 0 Å². The van der Waals surface area contributed by atoms with Crippen LogP contribution in [0.25, 0.3) is 0 Å². The first-order valence-corrected chi connectivity index (χ1v) is 7.81. The van der Waals surface area contributed by atoms with Gasteiger partial charge in [-0.05, 0) is 44.4 Å². The van der Waals surface area contributed by atoms with Crippen LogP contribution in [0.2, 0.25) is 0 Å². The van der Waals surface area contributed by atoms with Gasteiger partial charge in [0.1, 0.15) is 5.75 Å². The fraction of sp³-hybridized carbons (Fsp3) is 0.588. The van der Waals surface area contributed by atoms with E-state index in [1.54, 1.807) is 0 Å². The van der Waals surface area contributed by atoms with Crippen molar-refractivity contribution in [2.45, 2.75) is 58.6 Å². The number of carbonyl (C=O) groups is 1. The lowest BCUT2D eigenvalue weighted by Gasteiger charge is -2.39. The highest BCUT2D eigenvalue weighted by Gasteiger charge is 2.40. The van der Waals surface area contributed by atoms with E-state index >= 15 is 0 Å². The zero-order chi connectivity index (χ0) is 15.6. The summed E-state index contributed by atoms with van der Waals surface area (Å²) in [6.45, 7) is 8.53. The van der Waals surface area contributed by atoms with Crippen LogP contribution in [0.4, 0.5) is 5.69 Å². The van der Waals surface area contributed by atoms with Gasteiger partial charge >= 0.3 is 0 Å². The molecule has 1 amide bonds. The minimum atomic E-state index is -0.810. The second-order valence-electron chi connectivity index (χ2n) is 6.19. The van der Waals surface area contributed by atoms with E-state index in [1.807, 2.05) is 36.9 Å². The summed E-state index contributed by atoms with van der Waals surface area (Å²) in [5.41, 5.74) is 7.31. The number of rotatable bonds is 5. The molecule has 4 heteroatoms. The molecule has 1 unspecified atom stereocenters. The number of nitrogens with two attached hydrogens (primary N) is 1. The van der Waals surface area contributed by atoms with E-state index in [9.17, 15) is 4.79 Å². The minimum absolute atomic E-state index is 0.00816. The smallest absolute Gasteiger partial charge is 0.270 e. The van der Waals surface area contributed by atoms with Gasteiger partial charge in [-0.2, -0.15) is 0 Å². The van der Waals surface area contributed by atoms with Gasteiger partial charge in [-0.25, -0.2) is 0 Å². The van der Waals surface area contributed by atoms with Crippen LogP contribution in [-0.4, -0.2) is 18.1 Å². The molecule has 1 aromatic rings. The van der Waals surface area contributed by atoms with E-state index in [4.69, 9.17) is 10.5 Å². The average Bonchev–Trinajstić information content (AvgIpc) is 2.43. The molecule has 0 radical (unpaired) electrons. The molecular weight excluding hydrogens is 264 g/mol. The van der Waals surface area contributed by atoms with E-state index in [1.165, 1.54) is 0 Å². The predicted octanol–water partition coefficient (Wildman–Crippen LogP) is 3.40. The third kappa shape index (κ3) is 3.05. The third-order valence-electron chi connectivity index (χ3n) is 3.87. The molecule has 0 aliphatic carbocycles. The molecule has 0 saturated heterocycles. The summed E-state index contributed by atoms with van der Waals surface area (Å²) >= 11 is 0. The molecule has 1 heterocycles. The highest BCUT2D eigenvalue weighted by Crippen LogP contribution is 2.39. The molecule has 0 fully saturated rings. The first-order chi connectivity index (χ1) is 9.90. The zero-order valence-electron chi connectivity index (χ0n) is 13.5. The first-order valence-electron chi connectivity index (χ1n) is 7.81. The minimum Gasteiger partial charge on any atom is -0.476 e. The Bertz CT molecular complexity index is 526. The van der Waals surface area contributed by atoms with E-state index in [-0.39, 0.29) is 11.9 Å². The summed E-state index contributed by atoms with van der Waals surface area (Å²) in [5.74, 6) is 0.776. The van der Waals surface area contributed by atoms with Gasteiger partial charge in [0.25, 0.3) is 5.91 Å². The van der Waals surface area contributed by atoms with Gasteiger partial charge in [0, 0.05) is 12.6 Å². The Balaban J connectivity index is 2.42. The standard InChI is InChI=1S/C17H26N2O2/c1-5-7-13(18)12-8-9-15-14(11-12)19(10-6-2)16(20)17(3,4)21-15/h8-9,11,13H,5-7,10,18H2,1-4H3. The molecule has 0 saturated carbocycles. The Morgan fingerprint density at radius 3 is 2.62 bits per heavy atom. The van der Waals surface area contributed by atoms with Gasteiger partial charge in [-0.1, -0.05) is 26.3 Å². The fourth-order valence-corrected chi connectivity index (χ4v) is 2.74. The second-order valence-corrected chi connectivity index (χ2v) is 6.19. The summed E-state index contributed by atoms with van der Waals surface area (Å²) < 4.78 is 5.87. The van der Waals surface area contributed by atoms with Crippen LogP contribution < -0.4 is 15.4 Å². The molecule has 0 spiro atoms. The van der Waals surface area contributed by atoms with Gasteiger partial charge < -0.3 is 15.4 Å². The van der Waals surface area contributed by atoms with Crippen molar-refractivity contribution in [1.82, 2.24) is 0 Å². The normalized spacial score (nSPS) is 18.1. The first kappa shape index (κ1) is 15.8. The summed E-state index contributed by atoms with van der Waals surface area (Å²) in [7, 11) is 0. The van der Waals surface area contributed by atoms with Crippen molar-refractivity contribution < 1.29 is 9.53 Å². The molecule has 1 aliphatic heterocycles. The fourth-order valence-electron chi connectivity index (χ4n) is 2.74. The van der Waals surface area contributed by atoms with Crippen LogP contribution in [0.3, 0.4) is 0 Å². The van der Waals surface area contributed by atoms with E-state index in [0.29, 0.717) is 6.54 Å². The molecule has 0 bridgehead atoms. The molecule has 0 aromatic heterocycles. The van der Waals surface area contributed by atoms with Crippen molar-refractivity contribution in [3.05, 3.63) is 23.8 Å². The lowest BCUT2D eigenvalue weighted by Crippen LogP contribution is -2.52. The predicted molar refractivity (Wildman–Crippen MR) is 85.6 cm³/mol. The summed E-state index contributed by atoms with van der Waals surface area (Å²) in [6.07, 6.45) is 2.89. The number of benzene rings is 1. The van der Waals surface area contributed by atoms with Crippen LogP contribution in [0.1, 0.15) is 58.6 Å². The third-order valence-corrected chi connectivity index (χ3v) is 3.87. The van der Waals surface area contributed by atoms with Gasteiger partial charge in [0.05, 0.1) is 5.69 Å². The topological polar surface area (TPSA) is 55.6 Å². The highest BCUT2D eigenvalue weighted by molar-refractivity contribution is 6.02. The molecule has 2 rings (SSSR count). The maximum Gasteiger partial charge on any atom is 0.270 e. The number of carbonyl (C=O) groups excluding carboxylic acids is 1. The summed E-state index contributed by atoms with van der Waals surface area (Å²) in [4.78, 5) is 14.4. The number of amides is 1. The van der Waals surface area contributed by atoms with E-state index in [0.717, 1.165) is 36.3 Å². The lowest BCUT2D eigenvalue weighted by molar-refractivity contribution is -0.132. The van der Waals surface area contributed by atoms with E-state index in [2.05, 4.69) is 13.8 Å². The van der Waals surface area contributed by atoms with Crippen molar-refractivity contribution in [3.63, 3.8) is 0 Å². The maximum atomic E-state index is 12.6. The van der Waals surface area contributed by atoms with Crippen LogP contribution in [-0.2, 0) is 4.79 Å². The van der Waals surface area contributed by atoms with Crippen molar-refractivity contribution in [2.24, 2.45) is 5.73 Å². The summed E-state index contributed by atoms with van der Waals surface area (Å²) in [6, 6.07) is 5.97. The SMILES string of the molecule is CCCC(N)c1ccc2c(c1)N(CCC)C(=O)C(C)(C)O2. The molecule has 1 aliphatic rings. The van der Waals surface area contributed by atoms with E-state index < -0.39 is 5.60 Å². The van der Waals surface area contributed by atoms with Crippen molar-refractivity contribution >= 4 is 11.6 Å². The molecule has 4 nitrogen and oxygen atoms in total. The molecule has 1 atom stereocenters. The molecule has 116 valence electrons. The second kappa shape index (κ2) is 6.06. The number of nitrogens with zero attached hydrogens (tertiary/aromatic N) is 1.